The van der Waals surface area contributed by atoms with Crippen molar-refractivity contribution in [3.05, 3.63) is 24.0 Å². The fourth-order valence-electron chi connectivity index (χ4n) is 1.23. The predicted octanol–water partition coefficient (Wildman–Crippen LogP) is 1.51. The molecule has 0 spiro atoms. The van der Waals surface area contributed by atoms with Crippen LogP contribution in [-0.4, -0.2) is 33.7 Å². The van der Waals surface area contributed by atoms with Crippen LogP contribution < -0.4 is 5.32 Å². The molecule has 0 radical (unpaired) electrons. The molecule has 0 unspecified atom stereocenters. The SMILES string of the molecule is CC(C)(C(=O)Nc1ccc(S(=O)(=O)Cl)c(F)c1)S(C)(=O)=O. The number of anilines is 1. The molecule has 0 aliphatic heterocycles. The molecule has 10 heteroatoms. The van der Waals surface area contributed by atoms with Crippen LogP contribution in [0.2, 0.25) is 0 Å². The number of hydrogen-bond acceptors (Lipinski definition) is 5. The van der Waals surface area contributed by atoms with Crippen molar-refractivity contribution >= 4 is 41.2 Å². The highest BCUT2D eigenvalue weighted by atomic mass is 35.7. The van der Waals surface area contributed by atoms with Gasteiger partial charge in [-0.1, -0.05) is 0 Å². The highest BCUT2D eigenvalue weighted by Crippen LogP contribution is 2.24. The van der Waals surface area contributed by atoms with E-state index in [9.17, 15) is 26.0 Å². The van der Waals surface area contributed by atoms with Gasteiger partial charge >= 0.3 is 0 Å². The Hall–Kier alpha value is -1.19. The Morgan fingerprint density at radius 1 is 1.24 bits per heavy atom. The summed E-state index contributed by atoms with van der Waals surface area (Å²) < 4.78 is 57.0. The molecular weight excluding hydrogens is 345 g/mol. The smallest absolute Gasteiger partial charge is 0.264 e. The largest absolute Gasteiger partial charge is 0.325 e. The molecule has 0 atom stereocenters. The molecule has 0 aliphatic carbocycles. The van der Waals surface area contributed by atoms with Crippen LogP contribution in [0, 0.1) is 5.82 Å². The van der Waals surface area contributed by atoms with Gasteiger partial charge in [0.15, 0.2) is 9.84 Å². The summed E-state index contributed by atoms with van der Waals surface area (Å²) >= 11 is 0. The van der Waals surface area contributed by atoms with E-state index in [-0.39, 0.29) is 5.69 Å². The number of carbonyl (C=O) groups excluding carboxylic acids is 1. The van der Waals surface area contributed by atoms with E-state index in [2.05, 4.69) is 5.32 Å². The van der Waals surface area contributed by atoms with Gasteiger partial charge < -0.3 is 5.32 Å². The van der Waals surface area contributed by atoms with Crippen molar-refractivity contribution in [3.63, 3.8) is 0 Å². The monoisotopic (exact) mass is 357 g/mol. The fraction of sp³-hybridized carbons (Fsp3) is 0.364. The van der Waals surface area contributed by atoms with Gasteiger partial charge in [-0.3, -0.25) is 4.79 Å². The van der Waals surface area contributed by atoms with E-state index in [0.29, 0.717) is 0 Å². The lowest BCUT2D eigenvalue weighted by Crippen LogP contribution is -2.43. The summed E-state index contributed by atoms with van der Waals surface area (Å²) in [6.07, 6.45) is 0.899. The number of rotatable bonds is 4. The summed E-state index contributed by atoms with van der Waals surface area (Å²) in [7, 11) is -2.91. The molecule has 1 aromatic rings. The first-order chi connectivity index (χ1) is 9.26. The lowest BCUT2D eigenvalue weighted by atomic mass is 10.2. The number of nitrogens with one attached hydrogen (secondary N) is 1. The molecule has 118 valence electrons. The Labute approximate surface area is 126 Å². The van der Waals surface area contributed by atoms with Gasteiger partial charge in [-0.15, -0.1) is 0 Å². The maximum absolute atomic E-state index is 13.6. The summed E-state index contributed by atoms with van der Waals surface area (Å²) in [4.78, 5) is 11.2. The van der Waals surface area contributed by atoms with Crippen LogP contribution in [-0.2, 0) is 23.7 Å². The van der Waals surface area contributed by atoms with Crippen LogP contribution in [0.15, 0.2) is 23.1 Å². The zero-order valence-corrected chi connectivity index (χ0v) is 13.7. The third kappa shape index (κ3) is 3.92. The minimum Gasteiger partial charge on any atom is -0.325 e. The first kappa shape index (κ1) is 17.9. The Kier molecular flexibility index (Phi) is 4.71. The lowest BCUT2D eigenvalue weighted by molar-refractivity contribution is -0.117. The predicted molar refractivity (Wildman–Crippen MR) is 77.0 cm³/mol. The van der Waals surface area contributed by atoms with Crippen LogP contribution in [0.1, 0.15) is 13.8 Å². The van der Waals surface area contributed by atoms with E-state index in [4.69, 9.17) is 10.7 Å². The van der Waals surface area contributed by atoms with Crippen molar-refractivity contribution < 1.29 is 26.0 Å². The number of hydrogen-bond donors (Lipinski definition) is 1. The minimum absolute atomic E-state index is 0.0849. The highest BCUT2D eigenvalue weighted by molar-refractivity contribution is 8.13. The van der Waals surface area contributed by atoms with Gasteiger partial charge in [-0.05, 0) is 32.0 Å². The van der Waals surface area contributed by atoms with Crippen LogP contribution in [0.4, 0.5) is 10.1 Å². The molecule has 6 nitrogen and oxygen atoms in total. The Balaban J connectivity index is 3.12. The van der Waals surface area contributed by atoms with Gasteiger partial charge in [-0.2, -0.15) is 0 Å². The number of carbonyl (C=O) groups is 1. The second-order valence-electron chi connectivity index (χ2n) is 4.82. The van der Waals surface area contributed by atoms with Gasteiger partial charge in [0, 0.05) is 22.6 Å². The average molecular weight is 358 g/mol. The summed E-state index contributed by atoms with van der Waals surface area (Å²) in [5.41, 5.74) is -0.0849. The van der Waals surface area contributed by atoms with Gasteiger partial charge in [0.05, 0.1) is 0 Å². The Morgan fingerprint density at radius 3 is 2.14 bits per heavy atom. The normalized spacial score (nSPS) is 13.0. The summed E-state index contributed by atoms with van der Waals surface area (Å²) in [5, 5.41) is 2.21. The molecule has 1 N–H and O–H groups in total. The molecule has 0 bridgehead atoms. The number of sulfone groups is 1. The fourth-order valence-corrected chi connectivity index (χ4v) is 2.51. The maximum Gasteiger partial charge on any atom is 0.264 e. The van der Waals surface area contributed by atoms with Crippen LogP contribution in [0.25, 0.3) is 0 Å². The lowest BCUT2D eigenvalue weighted by Gasteiger charge is -2.21. The molecule has 0 aromatic heterocycles. The third-order valence-corrected chi connectivity index (χ3v) is 6.32. The summed E-state index contributed by atoms with van der Waals surface area (Å²) in [6.45, 7) is 2.40. The molecule has 0 saturated heterocycles. The van der Waals surface area contributed by atoms with Crippen molar-refractivity contribution in [2.24, 2.45) is 0 Å². The minimum atomic E-state index is -4.24. The molecular formula is C11H13ClFNO5S2. The van der Waals surface area contributed by atoms with Crippen molar-refractivity contribution in [1.29, 1.82) is 0 Å². The number of benzene rings is 1. The Morgan fingerprint density at radius 2 is 1.76 bits per heavy atom. The zero-order valence-electron chi connectivity index (χ0n) is 11.3. The van der Waals surface area contributed by atoms with Crippen molar-refractivity contribution in [2.75, 3.05) is 11.6 Å². The van der Waals surface area contributed by atoms with Crippen molar-refractivity contribution in [2.45, 2.75) is 23.5 Å². The van der Waals surface area contributed by atoms with E-state index in [0.717, 1.165) is 24.5 Å². The molecule has 0 aliphatic rings. The van der Waals surface area contributed by atoms with Crippen molar-refractivity contribution in [1.82, 2.24) is 0 Å². The van der Waals surface area contributed by atoms with Crippen LogP contribution in [0.5, 0.6) is 0 Å². The third-order valence-electron chi connectivity index (χ3n) is 2.93. The van der Waals surface area contributed by atoms with Gasteiger partial charge in [0.1, 0.15) is 15.5 Å². The van der Waals surface area contributed by atoms with E-state index >= 15 is 0 Å². The first-order valence-electron chi connectivity index (χ1n) is 5.52. The van der Waals surface area contributed by atoms with E-state index in [1.54, 1.807) is 0 Å². The molecule has 0 fully saturated rings. The number of halogens is 2. The first-order valence-corrected chi connectivity index (χ1v) is 9.72. The molecule has 21 heavy (non-hydrogen) atoms. The average Bonchev–Trinajstić information content (AvgIpc) is 2.25. The standard InChI is InChI=1S/C11H13ClFNO5S2/c1-11(2,20(3,16)17)10(15)14-7-4-5-9(8(13)6-7)21(12,18)19/h4-6H,1-3H3,(H,14,15). The van der Waals surface area contributed by atoms with Crippen LogP contribution in [0.3, 0.4) is 0 Å². The van der Waals surface area contributed by atoms with Gasteiger partial charge in [-0.25, -0.2) is 21.2 Å². The van der Waals surface area contributed by atoms with Gasteiger partial charge in [0.25, 0.3) is 9.05 Å². The number of amides is 1. The summed E-state index contributed by atoms with van der Waals surface area (Å²) in [5.74, 6) is -2.02. The molecule has 1 aromatic carbocycles. The molecule has 1 amide bonds. The zero-order chi connectivity index (χ0) is 16.6. The molecule has 0 heterocycles. The topological polar surface area (TPSA) is 97.4 Å². The highest BCUT2D eigenvalue weighted by Gasteiger charge is 2.38. The molecule has 0 saturated carbocycles. The second-order valence-corrected chi connectivity index (χ2v) is 9.92. The maximum atomic E-state index is 13.6. The van der Waals surface area contributed by atoms with E-state index in [1.165, 1.54) is 13.8 Å². The summed E-state index contributed by atoms with van der Waals surface area (Å²) in [6, 6.07) is 2.72. The van der Waals surface area contributed by atoms with E-state index < -0.39 is 40.3 Å². The second kappa shape index (κ2) is 5.54. The van der Waals surface area contributed by atoms with E-state index in [1.807, 2.05) is 0 Å². The van der Waals surface area contributed by atoms with Gasteiger partial charge in [0.2, 0.25) is 5.91 Å². The van der Waals surface area contributed by atoms with Crippen LogP contribution >= 0.6 is 10.7 Å². The van der Waals surface area contributed by atoms with Crippen molar-refractivity contribution in [3.8, 4) is 0 Å². The molecule has 1 rings (SSSR count). The Bertz CT molecular complexity index is 787. The quantitative estimate of drug-likeness (QED) is 0.824.